The normalized spacial score (nSPS) is 12.5. The summed E-state index contributed by atoms with van der Waals surface area (Å²) in [5.74, 6) is 0. The standard InChI is InChI=1S/C54H105NO3/c1-6-9-12-15-18-21-24-27-30-33-36-39-42-45-48-56-51-54(55(4)5,52-57-49-46-43-40-37-34-31-28-25-22-19-16-13-10-7-2)53-58-50-47-44-41-38-35-32-29-26-23-20-17-14-11-8-3/h21-26H,6-20,27-53H2,1-5H3/b24-21-,25-22-,26-23-. The molecule has 0 amide bonds. The molecular weight excluding hydrogens is 711 g/mol. The molecular formula is C54H105NO3. The van der Waals surface area contributed by atoms with Gasteiger partial charge in [-0.3, -0.25) is 4.90 Å². The third kappa shape index (κ3) is 41.8. The lowest BCUT2D eigenvalue weighted by Crippen LogP contribution is -2.55. The predicted molar refractivity (Wildman–Crippen MR) is 260 cm³/mol. The summed E-state index contributed by atoms with van der Waals surface area (Å²) >= 11 is 0. The van der Waals surface area contributed by atoms with E-state index in [4.69, 9.17) is 14.2 Å². The smallest absolute Gasteiger partial charge is 0.0909 e. The number of ether oxygens (including phenoxy) is 3. The van der Waals surface area contributed by atoms with E-state index in [1.165, 1.54) is 212 Å². The fraction of sp³-hybridized carbons (Fsp3) is 0.889. The van der Waals surface area contributed by atoms with Crippen LogP contribution in [0.3, 0.4) is 0 Å². The quantitative estimate of drug-likeness (QED) is 0.0452. The molecule has 0 radical (unpaired) electrons. The van der Waals surface area contributed by atoms with E-state index < -0.39 is 0 Å². The molecule has 0 aliphatic heterocycles. The van der Waals surface area contributed by atoms with Gasteiger partial charge in [-0.25, -0.2) is 0 Å². The van der Waals surface area contributed by atoms with Crippen LogP contribution in [0.4, 0.5) is 0 Å². The van der Waals surface area contributed by atoms with Gasteiger partial charge in [0.1, 0.15) is 0 Å². The van der Waals surface area contributed by atoms with Gasteiger partial charge < -0.3 is 14.2 Å². The summed E-state index contributed by atoms with van der Waals surface area (Å²) in [5, 5.41) is 0. The predicted octanol–water partition coefficient (Wildman–Crippen LogP) is 17.1. The first-order valence-corrected chi connectivity index (χ1v) is 26.0. The van der Waals surface area contributed by atoms with Gasteiger partial charge in [0, 0.05) is 19.8 Å². The largest absolute Gasteiger partial charge is 0.379 e. The van der Waals surface area contributed by atoms with Gasteiger partial charge in [0.2, 0.25) is 0 Å². The summed E-state index contributed by atoms with van der Waals surface area (Å²) < 4.78 is 19.2. The van der Waals surface area contributed by atoms with Crippen molar-refractivity contribution in [3.63, 3.8) is 0 Å². The van der Waals surface area contributed by atoms with Crippen molar-refractivity contribution < 1.29 is 14.2 Å². The van der Waals surface area contributed by atoms with Crippen LogP contribution in [0.5, 0.6) is 0 Å². The van der Waals surface area contributed by atoms with Gasteiger partial charge in [-0.1, -0.05) is 192 Å². The highest BCUT2D eigenvalue weighted by Crippen LogP contribution is 2.18. The molecule has 0 atom stereocenters. The Kier molecular flexibility index (Phi) is 47.9. The van der Waals surface area contributed by atoms with Gasteiger partial charge in [0.15, 0.2) is 0 Å². The van der Waals surface area contributed by atoms with Crippen LogP contribution >= 0.6 is 0 Å². The van der Waals surface area contributed by atoms with Gasteiger partial charge in [-0.15, -0.1) is 0 Å². The topological polar surface area (TPSA) is 30.9 Å². The van der Waals surface area contributed by atoms with E-state index in [0.717, 1.165) is 39.1 Å². The monoisotopic (exact) mass is 816 g/mol. The van der Waals surface area contributed by atoms with Crippen molar-refractivity contribution in [2.45, 2.75) is 257 Å². The molecule has 0 aromatic heterocycles. The molecule has 0 fully saturated rings. The van der Waals surface area contributed by atoms with Crippen molar-refractivity contribution in [3.8, 4) is 0 Å². The van der Waals surface area contributed by atoms with E-state index in [9.17, 15) is 0 Å². The van der Waals surface area contributed by atoms with E-state index >= 15 is 0 Å². The maximum atomic E-state index is 6.41. The van der Waals surface area contributed by atoms with Gasteiger partial charge in [0.05, 0.1) is 25.4 Å². The van der Waals surface area contributed by atoms with Crippen LogP contribution in [0, 0.1) is 0 Å². The first kappa shape index (κ1) is 57.1. The minimum absolute atomic E-state index is 0.240. The summed E-state index contributed by atoms with van der Waals surface area (Å²) in [6, 6.07) is 0. The fourth-order valence-electron chi connectivity index (χ4n) is 7.59. The number of hydrogen-bond donors (Lipinski definition) is 0. The van der Waals surface area contributed by atoms with Crippen LogP contribution in [0.2, 0.25) is 0 Å². The lowest BCUT2D eigenvalue weighted by atomic mass is 10.0. The minimum Gasteiger partial charge on any atom is -0.379 e. The zero-order valence-corrected chi connectivity index (χ0v) is 40.3. The second-order valence-electron chi connectivity index (χ2n) is 18.0. The Hall–Kier alpha value is -0.940. The molecule has 0 unspecified atom stereocenters. The molecule has 0 aliphatic carbocycles. The number of allylic oxidation sites excluding steroid dienone is 6. The van der Waals surface area contributed by atoms with Crippen LogP contribution < -0.4 is 0 Å². The Labute approximate surface area is 365 Å². The van der Waals surface area contributed by atoms with Crippen molar-refractivity contribution in [1.29, 1.82) is 0 Å². The molecule has 4 nitrogen and oxygen atoms in total. The van der Waals surface area contributed by atoms with E-state index in [2.05, 4.69) is 76.2 Å². The van der Waals surface area contributed by atoms with Crippen LogP contribution in [0.15, 0.2) is 36.5 Å². The molecule has 0 N–H and O–H groups in total. The van der Waals surface area contributed by atoms with Crippen molar-refractivity contribution in [1.82, 2.24) is 4.90 Å². The summed E-state index contributed by atoms with van der Waals surface area (Å²) in [5.41, 5.74) is -0.240. The highest BCUT2D eigenvalue weighted by Gasteiger charge is 2.34. The van der Waals surface area contributed by atoms with Crippen molar-refractivity contribution in [2.75, 3.05) is 53.7 Å². The molecule has 0 bridgehead atoms. The first-order chi connectivity index (χ1) is 28.6. The zero-order valence-electron chi connectivity index (χ0n) is 40.3. The lowest BCUT2D eigenvalue weighted by Gasteiger charge is -2.39. The second-order valence-corrected chi connectivity index (χ2v) is 18.0. The molecule has 344 valence electrons. The molecule has 0 heterocycles. The number of rotatable bonds is 49. The van der Waals surface area contributed by atoms with Gasteiger partial charge in [-0.05, 0) is 110 Å². The molecule has 0 aromatic carbocycles. The molecule has 0 saturated carbocycles. The van der Waals surface area contributed by atoms with Gasteiger partial charge in [0.25, 0.3) is 0 Å². The van der Waals surface area contributed by atoms with Crippen LogP contribution in [-0.2, 0) is 14.2 Å². The van der Waals surface area contributed by atoms with Crippen LogP contribution in [0.25, 0.3) is 0 Å². The highest BCUT2D eigenvalue weighted by molar-refractivity contribution is 4.88. The highest BCUT2D eigenvalue weighted by atomic mass is 16.5. The summed E-state index contributed by atoms with van der Waals surface area (Å²) in [6.45, 7) is 11.4. The third-order valence-electron chi connectivity index (χ3n) is 12.0. The molecule has 0 rings (SSSR count). The van der Waals surface area contributed by atoms with E-state index in [1.807, 2.05) is 0 Å². The molecule has 58 heavy (non-hydrogen) atoms. The van der Waals surface area contributed by atoms with Crippen LogP contribution in [0.1, 0.15) is 252 Å². The Balaban J connectivity index is 4.41. The molecule has 0 aromatic rings. The van der Waals surface area contributed by atoms with E-state index in [-0.39, 0.29) is 5.54 Å². The van der Waals surface area contributed by atoms with E-state index in [1.54, 1.807) is 0 Å². The maximum absolute atomic E-state index is 6.41. The van der Waals surface area contributed by atoms with Crippen LogP contribution in [-0.4, -0.2) is 64.2 Å². The first-order valence-electron chi connectivity index (χ1n) is 26.0. The molecule has 4 heteroatoms. The average molecular weight is 816 g/mol. The minimum atomic E-state index is -0.240. The van der Waals surface area contributed by atoms with E-state index in [0.29, 0.717) is 19.8 Å². The van der Waals surface area contributed by atoms with Crippen molar-refractivity contribution in [2.24, 2.45) is 0 Å². The van der Waals surface area contributed by atoms with Crippen molar-refractivity contribution in [3.05, 3.63) is 36.5 Å². The average Bonchev–Trinajstić information content (AvgIpc) is 3.22. The summed E-state index contributed by atoms with van der Waals surface area (Å²) in [6.07, 6.45) is 61.7. The Morgan fingerprint density at radius 3 is 0.724 bits per heavy atom. The SMILES string of the molecule is CCCCCC/C=C\CCCCCCCCOCC(COCCCCCCCC/C=C\CCCCCC)(COCCCCCCCC/C=C\CCCCCC)N(C)C. The third-order valence-corrected chi connectivity index (χ3v) is 12.0. The molecule has 0 aliphatic rings. The zero-order chi connectivity index (χ0) is 42.1. The van der Waals surface area contributed by atoms with Crippen molar-refractivity contribution >= 4 is 0 Å². The number of nitrogens with zero attached hydrogens (tertiary/aromatic N) is 1. The molecule has 0 saturated heterocycles. The number of likely N-dealkylation sites (N-methyl/N-ethyl adjacent to an activating group) is 1. The fourth-order valence-corrected chi connectivity index (χ4v) is 7.59. The Morgan fingerprint density at radius 1 is 0.293 bits per heavy atom. The second kappa shape index (κ2) is 48.7. The number of hydrogen-bond acceptors (Lipinski definition) is 4. The lowest BCUT2D eigenvalue weighted by molar-refractivity contribution is -0.0846. The Bertz CT molecular complexity index is 749. The Morgan fingerprint density at radius 2 is 0.500 bits per heavy atom. The van der Waals surface area contributed by atoms with Gasteiger partial charge in [-0.2, -0.15) is 0 Å². The number of unbranched alkanes of at least 4 members (excludes halogenated alkanes) is 30. The van der Waals surface area contributed by atoms with Gasteiger partial charge >= 0.3 is 0 Å². The summed E-state index contributed by atoms with van der Waals surface area (Å²) in [4.78, 5) is 2.31. The molecule has 0 spiro atoms. The maximum Gasteiger partial charge on any atom is 0.0909 e. The summed E-state index contributed by atoms with van der Waals surface area (Å²) in [7, 11) is 4.36.